The molecular formula is C17H13Cl2N3O2S. The predicted octanol–water partition coefficient (Wildman–Crippen LogP) is 4.32. The van der Waals surface area contributed by atoms with Crippen LogP contribution in [-0.4, -0.2) is 23.4 Å². The Hall–Kier alpha value is -1.89. The highest BCUT2D eigenvalue weighted by Gasteiger charge is 2.16. The fraction of sp³-hybridized carbons (Fsp3) is 0.176. The first kappa shape index (κ1) is 16.6. The summed E-state index contributed by atoms with van der Waals surface area (Å²) in [5.41, 5.74) is 5.78. The summed E-state index contributed by atoms with van der Waals surface area (Å²) >= 11 is 13.7. The number of halogens is 2. The first-order valence-electron chi connectivity index (χ1n) is 7.53. The molecule has 0 aliphatic carbocycles. The lowest BCUT2D eigenvalue weighted by atomic mass is 10.1. The minimum Gasteiger partial charge on any atom is -0.454 e. The molecule has 2 aromatic carbocycles. The van der Waals surface area contributed by atoms with Crippen molar-refractivity contribution in [3.8, 4) is 11.5 Å². The van der Waals surface area contributed by atoms with E-state index in [1.165, 1.54) is 0 Å². The van der Waals surface area contributed by atoms with Crippen molar-refractivity contribution in [3.05, 3.63) is 57.6 Å². The number of amidine groups is 1. The maximum absolute atomic E-state index is 6.23. The van der Waals surface area contributed by atoms with E-state index >= 15 is 0 Å². The van der Waals surface area contributed by atoms with Gasteiger partial charge in [-0.2, -0.15) is 5.10 Å². The molecule has 4 rings (SSSR count). The molecule has 128 valence electrons. The van der Waals surface area contributed by atoms with E-state index in [1.54, 1.807) is 23.9 Å². The van der Waals surface area contributed by atoms with Crippen LogP contribution in [0.1, 0.15) is 11.1 Å². The number of nitrogens with one attached hydrogen (secondary N) is 1. The third-order valence-corrected chi connectivity index (χ3v) is 5.18. The summed E-state index contributed by atoms with van der Waals surface area (Å²) in [5.74, 6) is 2.23. The van der Waals surface area contributed by atoms with Gasteiger partial charge in [0.25, 0.3) is 0 Å². The maximum Gasteiger partial charge on any atom is 0.231 e. The van der Waals surface area contributed by atoms with Crippen LogP contribution < -0.4 is 14.9 Å². The Morgan fingerprint density at radius 3 is 2.80 bits per heavy atom. The molecule has 8 heteroatoms. The number of hydrogen-bond donors (Lipinski definition) is 1. The Bertz CT molecular complexity index is 886. The predicted molar refractivity (Wildman–Crippen MR) is 102 cm³/mol. The largest absolute Gasteiger partial charge is 0.454 e. The van der Waals surface area contributed by atoms with Crippen LogP contribution >= 0.6 is 35.0 Å². The van der Waals surface area contributed by atoms with Crippen LogP contribution in [0.15, 0.2) is 46.5 Å². The molecule has 0 unspecified atom stereocenters. The lowest BCUT2D eigenvalue weighted by molar-refractivity contribution is 0.174. The normalized spacial score (nSPS) is 17.4. The smallest absolute Gasteiger partial charge is 0.231 e. The lowest BCUT2D eigenvalue weighted by Gasteiger charge is -2.16. The highest BCUT2D eigenvalue weighted by molar-refractivity contribution is 8.14. The third-order valence-electron chi connectivity index (χ3n) is 3.72. The quantitative estimate of drug-likeness (QED) is 0.843. The van der Waals surface area contributed by atoms with Crippen molar-refractivity contribution in [1.29, 1.82) is 0 Å². The maximum atomic E-state index is 6.23. The molecule has 0 spiro atoms. The van der Waals surface area contributed by atoms with Gasteiger partial charge in [-0.15, -0.1) is 0 Å². The van der Waals surface area contributed by atoms with E-state index in [1.807, 2.05) is 24.3 Å². The van der Waals surface area contributed by atoms with Gasteiger partial charge in [0.2, 0.25) is 6.79 Å². The molecule has 2 aliphatic heterocycles. The molecule has 0 saturated carbocycles. The van der Waals surface area contributed by atoms with Crippen molar-refractivity contribution in [1.82, 2.24) is 5.43 Å². The van der Waals surface area contributed by atoms with E-state index in [-0.39, 0.29) is 6.79 Å². The van der Waals surface area contributed by atoms with Crippen molar-refractivity contribution < 1.29 is 9.47 Å². The first-order valence-corrected chi connectivity index (χ1v) is 9.27. The number of rotatable bonds is 3. The fourth-order valence-corrected chi connectivity index (χ4v) is 3.74. The number of aliphatic imine (C=N–C) groups is 1. The summed E-state index contributed by atoms with van der Waals surface area (Å²) in [6.07, 6.45) is 0. The second kappa shape index (κ2) is 7.15. The molecule has 0 bridgehead atoms. The van der Waals surface area contributed by atoms with Gasteiger partial charge in [-0.25, -0.2) is 0 Å². The number of thioether (sulfide) groups is 1. The van der Waals surface area contributed by atoms with Crippen molar-refractivity contribution >= 4 is 45.8 Å². The fourth-order valence-electron chi connectivity index (χ4n) is 2.46. The lowest BCUT2D eigenvalue weighted by Crippen LogP contribution is -2.25. The Labute approximate surface area is 159 Å². The molecule has 0 aromatic heterocycles. The molecule has 1 N–H and O–H groups in total. The van der Waals surface area contributed by atoms with Crippen LogP contribution in [-0.2, 0) is 6.54 Å². The van der Waals surface area contributed by atoms with Gasteiger partial charge in [-0.1, -0.05) is 47.1 Å². The Morgan fingerprint density at radius 1 is 1.12 bits per heavy atom. The second-order valence-corrected chi connectivity index (χ2v) is 7.20. The number of ether oxygens (including phenoxy) is 2. The molecule has 0 radical (unpaired) electrons. The number of fused-ring (bicyclic) bond motifs is 1. The van der Waals surface area contributed by atoms with Crippen molar-refractivity contribution in [2.24, 2.45) is 10.1 Å². The zero-order valence-electron chi connectivity index (χ0n) is 13.0. The molecule has 2 aliphatic rings. The number of hydrogen-bond acceptors (Lipinski definition) is 5. The number of benzene rings is 2. The average Bonchev–Trinajstić information content (AvgIpc) is 3.08. The van der Waals surface area contributed by atoms with Gasteiger partial charge in [0, 0.05) is 16.3 Å². The summed E-state index contributed by atoms with van der Waals surface area (Å²) in [6, 6.07) is 11.2. The van der Waals surface area contributed by atoms with Crippen LogP contribution in [0.5, 0.6) is 11.5 Å². The topological polar surface area (TPSA) is 55.2 Å². The molecule has 0 amide bonds. The van der Waals surface area contributed by atoms with Crippen LogP contribution in [0.2, 0.25) is 10.0 Å². The van der Waals surface area contributed by atoms with E-state index in [9.17, 15) is 0 Å². The molecule has 0 saturated heterocycles. The standard InChI is InChI=1S/C17H13Cl2N3O2S/c18-11-2-3-12(13(19)6-11)14-8-25-17(22-21-14)20-7-10-1-4-15-16(5-10)24-9-23-15/h1-6H,7-9H2,(H,20,22). The van der Waals surface area contributed by atoms with E-state index in [0.717, 1.165) is 33.5 Å². The summed E-state index contributed by atoms with van der Waals surface area (Å²) < 4.78 is 10.7. The Balaban J connectivity index is 1.44. The zero-order valence-corrected chi connectivity index (χ0v) is 15.3. The van der Waals surface area contributed by atoms with Gasteiger partial charge in [0.05, 0.1) is 17.3 Å². The SMILES string of the molecule is Clc1ccc(C2=NNC(=NCc3ccc4c(c3)OCO4)SC2)c(Cl)c1. The van der Waals surface area contributed by atoms with Crippen molar-refractivity contribution in [2.75, 3.05) is 12.5 Å². The van der Waals surface area contributed by atoms with Crippen LogP contribution in [0.3, 0.4) is 0 Å². The van der Waals surface area contributed by atoms with E-state index in [4.69, 9.17) is 32.7 Å². The van der Waals surface area contributed by atoms with Crippen molar-refractivity contribution in [2.45, 2.75) is 6.54 Å². The van der Waals surface area contributed by atoms with Gasteiger partial charge >= 0.3 is 0 Å². The number of hydrazone groups is 1. The molecule has 0 atom stereocenters. The minimum atomic E-state index is 0.273. The van der Waals surface area contributed by atoms with Gasteiger partial charge in [0.15, 0.2) is 16.7 Å². The van der Waals surface area contributed by atoms with Gasteiger partial charge in [-0.05, 0) is 29.8 Å². The second-order valence-electron chi connectivity index (χ2n) is 5.39. The van der Waals surface area contributed by atoms with Crippen LogP contribution in [0.25, 0.3) is 0 Å². The molecule has 0 fully saturated rings. The molecule has 25 heavy (non-hydrogen) atoms. The minimum absolute atomic E-state index is 0.273. The highest BCUT2D eigenvalue weighted by Crippen LogP contribution is 2.32. The van der Waals surface area contributed by atoms with E-state index in [2.05, 4.69) is 15.5 Å². The van der Waals surface area contributed by atoms with Gasteiger partial charge in [-0.3, -0.25) is 10.4 Å². The molecule has 2 aromatic rings. The Morgan fingerprint density at radius 2 is 2.00 bits per heavy atom. The van der Waals surface area contributed by atoms with Crippen LogP contribution in [0.4, 0.5) is 0 Å². The molecule has 5 nitrogen and oxygen atoms in total. The molecule has 2 heterocycles. The zero-order chi connectivity index (χ0) is 17.2. The van der Waals surface area contributed by atoms with Crippen molar-refractivity contribution in [3.63, 3.8) is 0 Å². The average molecular weight is 394 g/mol. The highest BCUT2D eigenvalue weighted by atomic mass is 35.5. The first-order chi connectivity index (χ1) is 12.2. The monoisotopic (exact) mass is 393 g/mol. The summed E-state index contributed by atoms with van der Waals surface area (Å²) in [7, 11) is 0. The molecular weight excluding hydrogens is 381 g/mol. The third kappa shape index (κ3) is 3.71. The summed E-state index contributed by atoms with van der Waals surface area (Å²) in [6.45, 7) is 0.813. The van der Waals surface area contributed by atoms with Gasteiger partial charge < -0.3 is 9.47 Å². The van der Waals surface area contributed by atoms with Gasteiger partial charge in [0.1, 0.15) is 0 Å². The Kier molecular flexibility index (Phi) is 4.74. The summed E-state index contributed by atoms with van der Waals surface area (Å²) in [4.78, 5) is 4.55. The van der Waals surface area contributed by atoms with Crippen LogP contribution in [0, 0.1) is 0 Å². The summed E-state index contributed by atoms with van der Waals surface area (Å²) in [5, 5.41) is 6.35. The number of nitrogens with zero attached hydrogens (tertiary/aromatic N) is 2. The van der Waals surface area contributed by atoms with E-state index in [0.29, 0.717) is 22.3 Å². The van der Waals surface area contributed by atoms with E-state index < -0.39 is 0 Å².